The molecule has 1 aromatic carbocycles. The molecule has 0 saturated carbocycles. The molecule has 2 aromatic rings. The molecule has 1 aliphatic rings. The molecule has 1 aliphatic heterocycles. The first-order valence-electron chi connectivity index (χ1n) is 7.90. The maximum Gasteiger partial charge on any atom is 0.318 e. The predicted molar refractivity (Wildman–Crippen MR) is 84.9 cm³/mol. The second-order valence-electron chi connectivity index (χ2n) is 5.76. The van der Waals surface area contributed by atoms with Crippen molar-refractivity contribution in [3.05, 3.63) is 42.0 Å². The number of amides is 2. The van der Waals surface area contributed by atoms with Crippen LogP contribution in [-0.4, -0.2) is 45.1 Å². The van der Waals surface area contributed by atoms with Crippen molar-refractivity contribution >= 4 is 6.03 Å². The molecule has 1 N–H and O–H groups in total. The average Bonchev–Trinajstić information content (AvgIpc) is 3.21. The number of carbonyl (C=O) groups excluding carboxylic acids is 1. The number of hydrogen-bond acceptors (Lipinski definition) is 4. The molecule has 1 saturated heterocycles. The Kier molecular flexibility index (Phi) is 4.93. The number of benzene rings is 1. The molecule has 0 unspecified atom stereocenters. The average molecular weight is 333 g/mol. The monoisotopic (exact) mass is 333 g/mol. The summed E-state index contributed by atoms with van der Waals surface area (Å²) in [5.41, 5.74) is 0.835. The molecule has 1 fully saturated rings. The van der Waals surface area contributed by atoms with Crippen LogP contribution < -0.4 is 10.1 Å². The van der Waals surface area contributed by atoms with Crippen LogP contribution in [0.25, 0.3) is 0 Å². The summed E-state index contributed by atoms with van der Waals surface area (Å²) in [4.78, 5) is 14.2. The first-order valence-corrected chi connectivity index (χ1v) is 7.90. The van der Waals surface area contributed by atoms with Crippen LogP contribution in [0.5, 0.6) is 5.75 Å². The number of ether oxygens (including phenoxy) is 1. The van der Waals surface area contributed by atoms with Crippen LogP contribution in [-0.2, 0) is 13.6 Å². The van der Waals surface area contributed by atoms with E-state index in [4.69, 9.17) is 4.74 Å². The minimum absolute atomic E-state index is 0.0136. The van der Waals surface area contributed by atoms with Gasteiger partial charge in [-0.1, -0.05) is 5.21 Å². The van der Waals surface area contributed by atoms with E-state index in [1.165, 1.54) is 12.1 Å². The Morgan fingerprint density at radius 3 is 2.92 bits per heavy atom. The molecular formula is C16H20FN5O2. The minimum atomic E-state index is -0.297. The van der Waals surface area contributed by atoms with Crippen molar-refractivity contribution in [1.82, 2.24) is 25.2 Å². The first kappa shape index (κ1) is 16.2. The molecule has 0 bridgehead atoms. The SMILES string of the molecule is Cn1nncc1CNC(=O)N1CCC[C@H]1COc1ccc(F)cc1. The molecule has 128 valence electrons. The van der Waals surface area contributed by atoms with E-state index in [2.05, 4.69) is 15.6 Å². The molecule has 1 atom stereocenters. The number of likely N-dealkylation sites (tertiary alicyclic amines) is 1. The van der Waals surface area contributed by atoms with E-state index in [9.17, 15) is 9.18 Å². The van der Waals surface area contributed by atoms with Gasteiger partial charge in [-0.2, -0.15) is 0 Å². The van der Waals surface area contributed by atoms with Gasteiger partial charge in [0.1, 0.15) is 18.2 Å². The largest absolute Gasteiger partial charge is 0.491 e. The summed E-state index contributed by atoms with van der Waals surface area (Å²) in [5.74, 6) is 0.304. The van der Waals surface area contributed by atoms with Crippen molar-refractivity contribution in [2.75, 3.05) is 13.2 Å². The number of nitrogens with one attached hydrogen (secondary N) is 1. The Bertz CT molecular complexity index is 688. The summed E-state index contributed by atoms with van der Waals surface area (Å²) in [6.07, 6.45) is 3.46. The lowest BCUT2D eigenvalue weighted by Crippen LogP contribution is -2.44. The molecule has 7 nitrogen and oxygen atoms in total. The second-order valence-corrected chi connectivity index (χ2v) is 5.76. The Hall–Kier alpha value is -2.64. The van der Waals surface area contributed by atoms with Gasteiger partial charge in [0.2, 0.25) is 0 Å². The van der Waals surface area contributed by atoms with Crippen LogP contribution in [0.4, 0.5) is 9.18 Å². The number of nitrogens with zero attached hydrogens (tertiary/aromatic N) is 4. The van der Waals surface area contributed by atoms with Gasteiger partial charge in [-0.15, -0.1) is 5.10 Å². The van der Waals surface area contributed by atoms with E-state index in [-0.39, 0.29) is 17.9 Å². The lowest BCUT2D eigenvalue weighted by Gasteiger charge is -2.25. The zero-order chi connectivity index (χ0) is 16.9. The standard InChI is InChI=1S/C16H20FN5O2/c1-21-14(10-19-20-21)9-18-16(23)22-8-2-3-13(22)11-24-15-6-4-12(17)5-7-15/h4-7,10,13H,2-3,8-9,11H2,1H3,(H,18,23)/t13-/m0/s1. The lowest BCUT2D eigenvalue weighted by atomic mass is 10.2. The second kappa shape index (κ2) is 7.29. The molecular weight excluding hydrogens is 313 g/mol. The third-order valence-electron chi connectivity index (χ3n) is 4.12. The van der Waals surface area contributed by atoms with Crippen molar-refractivity contribution in [1.29, 1.82) is 0 Å². The number of aryl methyl sites for hydroxylation is 1. The predicted octanol–water partition coefficient (Wildman–Crippen LogP) is 1.71. The Labute approximate surface area is 139 Å². The number of urea groups is 1. The Morgan fingerprint density at radius 1 is 1.42 bits per heavy atom. The quantitative estimate of drug-likeness (QED) is 0.904. The third-order valence-corrected chi connectivity index (χ3v) is 4.12. The zero-order valence-electron chi connectivity index (χ0n) is 13.5. The van der Waals surface area contributed by atoms with Gasteiger partial charge >= 0.3 is 6.03 Å². The van der Waals surface area contributed by atoms with Gasteiger partial charge in [-0.3, -0.25) is 4.68 Å². The Balaban J connectivity index is 1.51. The smallest absolute Gasteiger partial charge is 0.318 e. The van der Waals surface area contributed by atoms with Crippen LogP contribution in [0.2, 0.25) is 0 Å². The van der Waals surface area contributed by atoms with E-state index < -0.39 is 0 Å². The van der Waals surface area contributed by atoms with Gasteiger partial charge in [0.05, 0.1) is 24.5 Å². The number of halogens is 1. The van der Waals surface area contributed by atoms with Gasteiger partial charge < -0.3 is 15.0 Å². The van der Waals surface area contributed by atoms with Gasteiger partial charge in [0, 0.05) is 13.6 Å². The van der Waals surface area contributed by atoms with E-state index >= 15 is 0 Å². The topological polar surface area (TPSA) is 72.3 Å². The fourth-order valence-electron chi connectivity index (χ4n) is 2.74. The van der Waals surface area contributed by atoms with Crippen molar-refractivity contribution in [2.45, 2.75) is 25.4 Å². The fourth-order valence-corrected chi connectivity index (χ4v) is 2.74. The van der Waals surface area contributed by atoms with E-state index in [0.717, 1.165) is 18.5 Å². The molecule has 24 heavy (non-hydrogen) atoms. The molecule has 0 aliphatic carbocycles. The van der Waals surface area contributed by atoms with Crippen LogP contribution >= 0.6 is 0 Å². The normalized spacial score (nSPS) is 17.1. The zero-order valence-corrected chi connectivity index (χ0v) is 13.5. The number of aromatic nitrogens is 3. The number of rotatable bonds is 5. The van der Waals surface area contributed by atoms with Crippen LogP contribution in [0, 0.1) is 5.82 Å². The van der Waals surface area contributed by atoms with Crippen molar-refractivity contribution in [3.8, 4) is 5.75 Å². The van der Waals surface area contributed by atoms with E-state index in [1.54, 1.807) is 35.0 Å². The fraction of sp³-hybridized carbons (Fsp3) is 0.438. The highest BCUT2D eigenvalue weighted by atomic mass is 19.1. The summed E-state index contributed by atoms with van der Waals surface area (Å²) >= 11 is 0. The van der Waals surface area contributed by atoms with Gasteiger partial charge in [0.15, 0.2) is 0 Å². The molecule has 0 spiro atoms. The maximum atomic E-state index is 12.9. The first-order chi connectivity index (χ1) is 11.6. The lowest BCUT2D eigenvalue weighted by molar-refractivity contribution is 0.165. The molecule has 2 amide bonds. The number of hydrogen-bond donors (Lipinski definition) is 1. The van der Waals surface area contributed by atoms with E-state index in [1.807, 2.05) is 0 Å². The molecule has 0 radical (unpaired) electrons. The molecule has 1 aromatic heterocycles. The molecule has 2 heterocycles. The van der Waals surface area contributed by atoms with Crippen LogP contribution in [0.3, 0.4) is 0 Å². The maximum absolute atomic E-state index is 12.9. The number of carbonyl (C=O) groups is 1. The van der Waals surface area contributed by atoms with Crippen LogP contribution in [0.1, 0.15) is 18.5 Å². The highest BCUT2D eigenvalue weighted by molar-refractivity contribution is 5.74. The minimum Gasteiger partial charge on any atom is -0.491 e. The third kappa shape index (κ3) is 3.81. The van der Waals surface area contributed by atoms with E-state index in [0.29, 0.717) is 25.4 Å². The summed E-state index contributed by atoms with van der Waals surface area (Å²) in [5, 5.41) is 10.5. The summed E-state index contributed by atoms with van der Waals surface area (Å²) in [6, 6.07) is 5.78. The van der Waals surface area contributed by atoms with Crippen LogP contribution in [0.15, 0.2) is 30.5 Å². The Morgan fingerprint density at radius 2 is 2.21 bits per heavy atom. The summed E-state index contributed by atoms with van der Waals surface area (Å²) in [7, 11) is 1.78. The highest BCUT2D eigenvalue weighted by Crippen LogP contribution is 2.19. The van der Waals surface area contributed by atoms with Gasteiger partial charge in [0.25, 0.3) is 0 Å². The molecule has 3 rings (SSSR count). The highest BCUT2D eigenvalue weighted by Gasteiger charge is 2.29. The van der Waals surface area contributed by atoms with Gasteiger partial charge in [-0.25, -0.2) is 9.18 Å². The summed E-state index contributed by atoms with van der Waals surface area (Å²) < 4.78 is 20.2. The van der Waals surface area contributed by atoms with Crippen molar-refractivity contribution < 1.29 is 13.9 Å². The van der Waals surface area contributed by atoms with Crippen molar-refractivity contribution in [3.63, 3.8) is 0 Å². The summed E-state index contributed by atoms with van der Waals surface area (Å²) in [6.45, 7) is 1.48. The van der Waals surface area contributed by atoms with Gasteiger partial charge in [-0.05, 0) is 37.1 Å². The van der Waals surface area contributed by atoms with Crippen molar-refractivity contribution in [2.24, 2.45) is 7.05 Å². The molecule has 8 heteroatoms.